The molecular weight excluding hydrogens is 348 g/mol. The summed E-state index contributed by atoms with van der Waals surface area (Å²) in [5, 5.41) is 13.8. The monoisotopic (exact) mass is 374 g/mol. The Kier molecular flexibility index (Phi) is 5.53. The number of aryl methyl sites for hydroxylation is 1. The number of hydrogen-bond donors (Lipinski definition) is 3. The highest BCUT2D eigenvalue weighted by molar-refractivity contribution is 5.94. The minimum Gasteiger partial charge on any atom is -0.308 e. The fourth-order valence-electron chi connectivity index (χ4n) is 3.92. The summed E-state index contributed by atoms with van der Waals surface area (Å²) in [7, 11) is 0. The van der Waals surface area contributed by atoms with Crippen molar-refractivity contribution >= 4 is 11.7 Å². The van der Waals surface area contributed by atoms with Crippen LogP contribution in [0.15, 0.2) is 60.7 Å². The second-order valence-electron chi connectivity index (χ2n) is 7.32. The third-order valence-corrected chi connectivity index (χ3v) is 5.34. The van der Waals surface area contributed by atoms with E-state index in [1.165, 1.54) is 11.1 Å². The molecule has 5 nitrogen and oxygen atoms in total. The molecule has 0 saturated heterocycles. The van der Waals surface area contributed by atoms with Crippen LogP contribution in [0, 0.1) is 0 Å². The summed E-state index contributed by atoms with van der Waals surface area (Å²) in [4.78, 5) is 12.9. The van der Waals surface area contributed by atoms with Crippen LogP contribution in [0.1, 0.15) is 43.4 Å². The Balaban J connectivity index is 1.44. The van der Waals surface area contributed by atoms with E-state index in [-0.39, 0.29) is 18.0 Å². The van der Waals surface area contributed by atoms with Crippen molar-refractivity contribution in [3.8, 4) is 11.3 Å². The molecule has 1 heterocycles. The standard InChI is InChI=1S/C23H26N4O/c1-2-8-20(24-19-14-13-16-9-6-7-12-18(16)19)23(28)25-22-15-21(26-27-22)17-10-4-3-5-11-17/h3-7,9-12,15,19-20,24H,2,8,13-14H2,1H3,(H2,25,26,27,28)/t19?,20-/m0/s1. The lowest BCUT2D eigenvalue weighted by Gasteiger charge is -2.22. The van der Waals surface area contributed by atoms with E-state index in [9.17, 15) is 4.79 Å². The minimum atomic E-state index is -0.238. The highest BCUT2D eigenvalue weighted by Gasteiger charge is 2.27. The fourth-order valence-corrected chi connectivity index (χ4v) is 3.92. The average molecular weight is 374 g/mol. The zero-order valence-electron chi connectivity index (χ0n) is 16.1. The molecule has 1 aromatic heterocycles. The summed E-state index contributed by atoms with van der Waals surface area (Å²) in [5.74, 6) is 0.524. The SMILES string of the molecule is CCC[C@H](NC1CCc2ccccc21)C(=O)Nc1cc(-c2ccccc2)[nH]n1. The molecule has 28 heavy (non-hydrogen) atoms. The number of nitrogens with one attached hydrogen (secondary N) is 3. The Bertz CT molecular complexity index is 935. The number of anilines is 1. The van der Waals surface area contributed by atoms with E-state index < -0.39 is 0 Å². The van der Waals surface area contributed by atoms with E-state index in [1.54, 1.807) is 0 Å². The molecule has 0 spiro atoms. The van der Waals surface area contributed by atoms with Gasteiger partial charge in [0.25, 0.3) is 0 Å². The van der Waals surface area contributed by atoms with Gasteiger partial charge < -0.3 is 5.32 Å². The fraction of sp³-hybridized carbons (Fsp3) is 0.304. The van der Waals surface area contributed by atoms with Crippen molar-refractivity contribution in [2.75, 3.05) is 5.32 Å². The van der Waals surface area contributed by atoms with Crippen molar-refractivity contribution in [3.63, 3.8) is 0 Å². The number of carbonyl (C=O) groups excluding carboxylic acids is 1. The van der Waals surface area contributed by atoms with Crippen LogP contribution >= 0.6 is 0 Å². The van der Waals surface area contributed by atoms with Crippen LogP contribution in [-0.2, 0) is 11.2 Å². The van der Waals surface area contributed by atoms with Gasteiger partial charge in [-0.3, -0.25) is 15.2 Å². The van der Waals surface area contributed by atoms with Crippen molar-refractivity contribution in [1.29, 1.82) is 0 Å². The third-order valence-electron chi connectivity index (χ3n) is 5.34. The van der Waals surface area contributed by atoms with E-state index in [0.717, 1.165) is 36.9 Å². The summed E-state index contributed by atoms with van der Waals surface area (Å²) >= 11 is 0. The molecule has 5 heteroatoms. The molecule has 4 rings (SSSR count). The summed E-state index contributed by atoms with van der Waals surface area (Å²) < 4.78 is 0. The molecule has 0 fully saturated rings. The molecule has 0 saturated carbocycles. The lowest BCUT2D eigenvalue weighted by atomic mass is 10.1. The molecular formula is C23H26N4O. The van der Waals surface area contributed by atoms with Gasteiger partial charge in [-0.2, -0.15) is 5.10 Å². The summed E-state index contributed by atoms with van der Waals surface area (Å²) in [6.07, 6.45) is 3.83. The van der Waals surface area contributed by atoms with Gasteiger partial charge in [0.15, 0.2) is 5.82 Å². The maximum Gasteiger partial charge on any atom is 0.242 e. The number of fused-ring (bicyclic) bond motifs is 1. The minimum absolute atomic E-state index is 0.0302. The van der Waals surface area contributed by atoms with Crippen LogP contribution in [-0.4, -0.2) is 22.1 Å². The van der Waals surface area contributed by atoms with Crippen LogP contribution in [0.4, 0.5) is 5.82 Å². The first-order chi connectivity index (χ1) is 13.7. The molecule has 1 aliphatic carbocycles. The smallest absolute Gasteiger partial charge is 0.242 e. The molecule has 0 bridgehead atoms. The van der Waals surface area contributed by atoms with Crippen molar-refractivity contribution < 1.29 is 4.79 Å². The topological polar surface area (TPSA) is 69.8 Å². The van der Waals surface area contributed by atoms with Gasteiger partial charge in [-0.25, -0.2) is 0 Å². The number of aromatic amines is 1. The van der Waals surface area contributed by atoms with Crippen molar-refractivity contribution in [1.82, 2.24) is 15.5 Å². The molecule has 1 amide bonds. The predicted molar refractivity (Wildman–Crippen MR) is 112 cm³/mol. The zero-order valence-corrected chi connectivity index (χ0v) is 16.1. The van der Waals surface area contributed by atoms with Gasteiger partial charge in [0.1, 0.15) is 0 Å². The Labute approximate surface area is 165 Å². The second kappa shape index (κ2) is 8.40. The number of carbonyl (C=O) groups is 1. The van der Waals surface area contributed by atoms with Crippen molar-refractivity contribution in [2.24, 2.45) is 0 Å². The molecule has 1 unspecified atom stereocenters. The van der Waals surface area contributed by atoms with Crippen molar-refractivity contribution in [3.05, 3.63) is 71.8 Å². The first-order valence-corrected chi connectivity index (χ1v) is 10.00. The number of aromatic nitrogens is 2. The average Bonchev–Trinajstić information content (AvgIpc) is 3.36. The molecule has 0 aliphatic heterocycles. The highest BCUT2D eigenvalue weighted by Crippen LogP contribution is 2.31. The molecule has 0 radical (unpaired) electrons. The molecule has 2 atom stereocenters. The van der Waals surface area contributed by atoms with E-state index >= 15 is 0 Å². The number of benzene rings is 2. The van der Waals surface area contributed by atoms with E-state index in [0.29, 0.717) is 5.82 Å². The quantitative estimate of drug-likeness (QED) is 0.572. The Morgan fingerprint density at radius 2 is 1.96 bits per heavy atom. The first-order valence-electron chi connectivity index (χ1n) is 10.00. The van der Waals surface area contributed by atoms with Gasteiger partial charge in [0.05, 0.1) is 11.7 Å². The second-order valence-corrected chi connectivity index (χ2v) is 7.32. The Morgan fingerprint density at radius 3 is 2.79 bits per heavy atom. The van der Waals surface area contributed by atoms with E-state index in [2.05, 4.69) is 52.0 Å². The predicted octanol–water partition coefficient (Wildman–Crippen LogP) is 4.46. The Hall–Kier alpha value is -2.92. The van der Waals surface area contributed by atoms with Gasteiger partial charge in [0, 0.05) is 12.1 Å². The first kappa shape index (κ1) is 18.4. The molecule has 3 aromatic rings. The normalized spacial score (nSPS) is 16.5. The summed E-state index contributed by atoms with van der Waals surface area (Å²) in [5.41, 5.74) is 4.64. The lowest BCUT2D eigenvalue weighted by Crippen LogP contribution is -2.42. The summed E-state index contributed by atoms with van der Waals surface area (Å²) in [6.45, 7) is 2.10. The van der Waals surface area contributed by atoms with Gasteiger partial charge in [-0.05, 0) is 36.0 Å². The molecule has 144 valence electrons. The largest absolute Gasteiger partial charge is 0.308 e. The maximum absolute atomic E-state index is 12.9. The number of rotatable bonds is 7. The van der Waals surface area contributed by atoms with Gasteiger partial charge in [-0.15, -0.1) is 0 Å². The van der Waals surface area contributed by atoms with Gasteiger partial charge in [-0.1, -0.05) is 67.9 Å². The zero-order chi connectivity index (χ0) is 19.3. The van der Waals surface area contributed by atoms with Crippen molar-refractivity contribution in [2.45, 2.75) is 44.7 Å². The summed E-state index contributed by atoms with van der Waals surface area (Å²) in [6, 6.07) is 20.3. The molecule has 3 N–H and O–H groups in total. The van der Waals surface area contributed by atoms with Gasteiger partial charge in [0.2, 0.25) is 5.91 Å². The third kappa shape index (κ3) is 3.99. The number of hydrogen-bond acceptors (Lipinski definition) is 3. The molecule has 2 aromatic carbocycles. The number of amides is 1. The van der Waals surface area contributed by atoms with Gasteiger partial charge >= 0.3 is 0 Å². The number of nitrogens with zero attached hydrogens (tertiary/aromatic N) is 1. The van der Waals surface area contributed by atoms with Crippen LogP contribution in [0.2, 0.25) is 0 Å². The maximum atomic E-state index is 12.9. The highest BCUT2D eigenvalue weighted by atomic mass is 16.2. The molecule has 1 aliphatic rings. The Morgan fingerprint density at radius 1 is 1.18 bits per heavy atom. The van der Waals surface area contributed by atoms with Crippen LogP contribution in [0.5, 0.6) is 0 Å². The van der Waals surface area contributed by atoms with E-state index in [1.807, 2.05) is 36.4 Å². The van der Waals surface area contributed by atoms with Crippen LogP contribution in [0.25, 0.3) is 11.3 Å². The van der Waals surface area contributed by atoms with E-state index in [4.69, 9.17) is 0 Å². The number of H-pyrrole nitrogens is 1. The van der Waals surface area contributed by atoms with Crippen LogP contribution < -0.4 is 10.6 Å². The van der Waals surface area contributed by atoms with Crippen LogP contribution in [0.3, 0.4) is 0 Å². The lowest BCUT2D eigenvalue weighted by molar-refractivity contribution is -0.118.